The van der Waals surface area contributed by atoms with Crippen LogP contribution in [0.5, 0.6) is 0 Å². The van der Waals surface area contributed by atoms with E-state index in [4.69, 9.17) is 0 Å². The Bertz CT molecular complexity index is 249. The van der Waals surface area contributed by atoms with Crippen molar-refractivity contribution in [2.75, 3.05) is 13.2 Å². The molecule has 5 nitrogen and oxygen atoms in total. The van der Waals surface area contributed by atoms with Crippen molar-refractivity contribution in [3.63, 3.8) is 0 Å². The number of likely N-dealkylation sites (N-methyl/N-ethyl adjacent to an activating group) is 1. The van der Waals surface area contributed by atoms with E-state index in [0.717, 1.165) is 19.5 Å². The molecule has 0 saturated carbocycles. The fourth-order valence-corrected chi connectivity index (χ4v) is 1.36. The first-order chi connectivity index (χ1) is 6.70. The Morgan fingerprint density at radius 2 is 2.36 bits per heavy atom. The standard InChI is InChI=1S/C9H18N4O/c1-3-11-9(2,6-14)4-5-13-8-10-7-12-13/h7-8,11,14H,3-6H2,1-2H3. The van der Waals surface area contributed by atoms with E-state index in [-0.39, 0.29) is 12.1 Å². The molecule has 1 aromatic heterocycles. The maximum absolute atomic E-state index is 9.24. The lowest BCUT2D eigenvalue weighted by Crippen LogP contribution is -2.46. The highest BCUT2D eigenvalue weighted by Gasteiger charge is 2.21. The van der Waals surface area contributed by atoms with Crippen molar-refractivity contribution in [3.8, 4) is 0 Å². The molecule has 0 aliphatic heterocycles. The molecule has 14 heavy (non-hydrogen) atoms. The third kappa shape index (κ3) is 3.08. The lowest BCUT2D eigenvalue weighted by atomic mass is 9.99. The second kappa shape index (κ2) is 5.07. The topological polar surface area (TPSA) is 63.0 Å². The maximum atomic E-state index is 9.24. The van der Waals surface area contributed by atoms with Crippen LogP contribution in [0.1, 0.15) is 20.3 Å². The third-order valence-electron chi connectivity index (χ3n) is 2.31. The molecule has 0 fully saturated rings. The summed E-state index contributed by atoms with van der Waals surface area (Å²) >= 11 is 0. The van der Waals surface area contributed by atoms with Crippen LogP contribution >= 0.6 is 0 Å². The highest BCUT2D eigenvalue weighted by molar-refractivity contribution is 4.81. The number of nitrogens with one attached hydrogen (secondary N) is 1. The maximum Gasteiger partial charge on any atom is 0.137 e. The van der Waals surface area contributed by atoms with Crippen LogP contribution in [0.4, 0.5) is 0 Å². The van der Waals surface area contributed by atoms with Gasteiger partial charge in [-0.1, -0.05) is 6.92 Å². The van der Waals surface area contributed by atoms with Crippen molar-refractivity contribution in [2.24, 2.45) is 0 Å². The smallest absolute Gasteiger partial charge is 0.137 e. The Hall–Kier alpha value is -0.940. The fraction of sp³-hybridized carbons (Fsp3) is 0.778. The Labute approximate surface area is 84.2 Å². The van der Waals surface area contributed by atoms with Crippen molar-refractivity contribution >= 4 is 0 Å². The van der Waals surface area contributed by atoms with E-state index >= 15 is 0 Å². The average molecular weight is 198 g/mol. The van der Waals surface area contributed by atoms with E-state index in [0.29, 0.717) is 0 Å². The Morgan fingerprint density at radius 1 is 1.57 bits per heavy atom. The molecule has 0 aliphatic carbocycles. The molecule has 0 saturated heterocycles. The van der Waals surface area contributed by atoms with E-state index in [1.54, 1.807) is 11.0 Å². The molecule has 2 N–H and O–H groups in total. The number of hydrogen-bond donors (Lipinski definition) is 2. The van der Waals surface area contributed by atoms with Crippen LogP contribution in [0.2, 0.25) is 0 Å². The van der Waals surface area contributed by atoms with Gasteiger partial charge < -0.3 is 10.4 Å². The van der Waals surface area contributed by atoms with Crippen molar-refractivity contribution in [1.82, 2.24) is 20.1 Å². The zero-order chi connectivity index (χ0) is 10.4. The van der Waals surface area contributed by atoms with Crippen LogP contribution in [-0.4, -0.2) is 38.6 Å². The van der Waals surface area contributed by atoms with E-state index in [1.807, 2.05) is 13.8 Å². The lowest BCUT2D eigenvalue weighted by molar-refractivity contribution is 0.161. The predicted molar refractivity (Wildman–Crippen MR) is 53.8 cm³/mol. The Balaban J connectivity index is 2.41. The molecular formula is C9H18N4O. The van der Waals surface area contributed by atoms with Crippen molar-refractivity contribution in [1.29, 1.82) is 0 Å². The summed E-state index contributed by atoms with van der Waals surface area (Å²) in [5, 5.41) is 16.5. The monoisotopic (exact) mass is 198 g/mol. The van der Waals surface area contributed by atoms with Gasteiger partial charge in [0.2, 0.25) is 0 Å². The van der Waals surface area contributed by atoms with Crippen molar-refractivity contribution in [2.45, 2.75) is 32.4 Å². The van der Waals surface area contributed by atoms with Gasteiger partial charge >= 0.3 is 0 Å². The molecule has 1 aromatic rings. The molecule has 5 heteroatoms. The van der Waals surface area contributed by atoms with Gasteiger partial charge in [-0.25, -0.2) is 4.98 Å². The van der Waals surface area contributed by atoms with Crippen LogP contribution in [0.25, 0.3) is 0 Å². The van der Waals surface area contributed by atoms with Gasteiger partial charge in [-0.2, -0.15) is 5.10 Å². The summed E-state index contributed by atoms with van der Waals surface area (Å²) in [5.41, 5.74) is -0.222. The quantitative estimate of drug-likeness (QED) is 0.677. The molecule has 0 aliphatic rings. The number of aliphatic hydroxyl groups excluding tert-OH is 1. The summed E-state index contributed by atoms with van der Waals surface area (Å²) < 4.78 is 1.77. The summed E-state index contributed by atoms with van der Waals surface area (Å²) in [6.07, 6.45) is 4.04. The second-order valence-electron chi connectivity index (χ2n) is 3.66. The van der Waals surface area contributed by atoms with Gasteiger partial charge in [0.15, 0.2) is 0 Å². The molecule has 0 spiro atoms. The molecule has 1 atom stereocenters. The zero-order valence-corrected chi connectivity index (χ0v) is 8.77. The first-order valence-electron chi connectivity index (χ1n) is 4.88. The third-order valence-corrected chi connectivity index (χ3v) is 2.31. The lowest BCUT2D eigenvalue weighted by Gasteiger charge is -2.28. The number of aryl methyl sites for hydroxylation is 1. The van der Waals surface area contributed by atoms with E-state index < -0.39 is 0 Å². The van der Waals surface area contributed by atoms with Gasteiger partial charge in [0.25, 0.3) is 0 Å². The Kier molecular flexibility index (Phi) is 4.03. The molecule has 0 bridgehead atoms. The predicted octanol–water partition coefficient (Wildman–Crippen LogP) is 0.0287. The largest absolute Gasteiger partial charge is 0.394 e. The van der Waals surface area contributed by atoms with Gasteiger partial charge in [-0.3, -0.25) is 4.68 Å². The summed E-state index contributed by atoms with van der Waals surface area (Å²) in [6.45, 7) is 5.80. The summed E-state index contributed by atoms with van der Waals surface area (Å²) in [6, 6.07) is 0. The molecule has 0 amide bonds. The molecule has 80 valence electrons. The summed E-state index contributed by atoms with van der Waals surface area (Å²) in [4.78, 5) is 3.86. The fourth-order valence-electron chi connectivity index (χ4n) is 1.36. The highest BCUT2D eigenvalue weighted by atomic mass is 16.3. The van der Waals surface area contributed by atoms with Gasteiger partial charge in [-0.05, 0) is 19.9 Å². The Morgan fingerprint density at radius 3 is 2.86 bits per heavy atom. The molecule has 0 radical (unpaired) electrons. The normalized spacial score (nSPS) is 15.4. The molecule has 1 rings (SSSR count). The molecule has 1 heterocycles. The van der Waals surface area contributed by atoms with E-state index in [2.05, 4.69) is 15.4 Å². The number of nitrogens with zero attached hydrogens (tertiary/aromatic N) is 3. The number of aliphatic hydroxyl groups is 1. The van der Waals surface area contributed by atoms with Crippen LogP contribution in [-0.2, 0) is 6.54 Å². The van der Waals surface area contributed by atoms with Gasteiger partial charge in [0, 0.05) is 12.1 Å². The SMILES string of the molecule is CCNC(C)(CO)CCn1cncn1. The number of hydrogen-bond acceptors (Lipinski definition) is 4. The average Bonchev–Trinajstić information content (AvgIpc) is 2.68. The van der Waals surface area contributed by atoms with Crippen LogP contribution in [0.3, 0.4) is 0 Å². The molecule has 0 aromatic carbocycles. The zero-order valence-electron chi connectivity index (χ0n) is 8.77. The minimum atomic E-state index is -0.222. The van der Waals surface area contributed by atoms with E-state index in [9.17, 15) is 5.11 Å². The van der Waals surface area contributed by atoms with Gasteiger partial charge in [0.1, 0.15) is 12.7 Å². The van der Waals surface area contributed by atoms with Crippen LogP contribution in [0, 0.1) is 0 Å². The van der Waals surface area contributed by atoms with Gasteiger partial charge in [-0.15, -0.1) is 0 Å². The minimum absolute atomic E-state index is 0.134. The summed E-state index contributed by atoms with van der Waals surface area (Å²) in [7, 11) is 0. The van der Waals surface area contributed by atoms with Crippen LogP contribution < -0.4 is 5.32 Å². The van der Waals surface area contributed by atoms with Crippen molar-refractivity contribution < 1.29 is 5.11 Å². The summed E-state index contributed by atoms with van der Waals surface area (Å²) in [5.74, 6) is 0. The number of aromatic nitrogens is 3. The van der Waals surface area contributed by atoms with E-state index in [1.165, 1.54) is 6.33 Å². The second-order valence-corrected chi connectivity index (χ2v) is 3.66. The minimum Gasteiger partial charge on any atom is -0.394 e. The van der Waals surface area contributed by atoms with Gasteiger partial charge in [0.05, 0.1) is 6.61 Å². The number of rotatable bonds is 6. The molecule has 1 unspecified atom stereocenters. The van der Waals surface area contributed by atoms with Crippen LogP contribution in [0.15, 0.2) is 12.7 Å². The first kappa shape index (κ1) is 11.1. The molecular weight excluding hydrogens is 180 g/mol. The first-order valence-corrected chi connectivity index (χ1v) is 4.88. The highest BCUT2D eigenvalue weighted by Crippen LogP contribution is 2.09. The van der Waals surface area contributed by atoms with Crippen molar-refractivity contribution in [3.05, 3.63) is 12.7 Å².